The first-order valence-corrected chi connectivity index (χ1v) is 10.8. The van der Waals surface area contributed by atoms with E-state index < -0.39 is 17.1 Å². The molecule has 4 bridgehead atoms. The highest BCUT2D eigenvalue weighted by Gasteiger charge is 2.71. The zero-order chi connectivity index (χ0) is 22.2. The molecule has 7 heteroatoms. The summed E-state index contributed by atoms with van der Waals surface area (Å²) < 4.78 is 6.43. The molecule has 5 aliphatic rings. The molecular weight excluding hydrogens is 398 g/mol. The lowest BCUT2D eigenvalue weighted by Crippen LogP contribution is -2.56. The van der Waals surface area contributed by atoms with Crippen LogP contribution in [0.4, 0.5) is 5.69 Å². The third-order valence-electron chi connectivity index (χ3n) is 8.33. The molecule has 0 radical (unpaired) electrons. The summed E-state index contributed by atoms with van der Waals surface area (Å²) in [6.45, 7) is 4.15. The number of carboxylic acid groups (broad SMARTS) is 1. The first-order valence-electron chi connectivity index (χ1n) is 10.8. The van der Waals surface area contributed by atoms with Gasteiger partial charge >= 0.3 is 5.97 Å². The number of hydrogen-bond donors (Lipinski definition) is 3. The molecule has 0 aromatic heterocycles. The highest BCUT2D eigenvalue weighted by atomic mass is 16.5. The lowest BCUT2D eigenvalue weighted by atomic mass is 9.51. The Morgan fingerprint density at radius 2 is 2.06 bits per heavy atom. The van der Waals surface area contributed by atoms with Gasteiger partial charge in [-0.15, -0.1) is 0 Å². The van der Waals surface area contributed by atoms with Gasteiger partial charge in [0.25, 0.3) is 0 Å². The third-order valence-corrected chi connectivity index (χ3v) is 8.33. The molecule has 31 heavy (non-hydrogen) atoms. The first-order chi connectivity index (χ1) is 14.6. The van der Waals surface area contributed by atoms with Gasteiger partial charge in [0.2, 0.25) is 5.91 Å². The maximum Gasteiger partial charge on any atom is 0.339 e. The number of anilines is 1. The van der Waals surface area contributed by atoms with Crippen molar-refractivity contribution in [1.29, 1.82) is 0 Å². The molecule has 1 aromatic carbocycles. The molecule has 164 valence electrons. The van der Waals surface area contributed by atoms with Crippen LogP contribution >= 0.6 is 0 Å². The molecule has 5 unspecified atom stereocenters. The van der Waals surface area contributed by atoms with Crippen LogP contribution in [-0.2, 0) is 14.3 Å². The molecule has 1 aromatic rings. The Hall–Kier alpha value is -2.67. The van der Waals surface area contributed by atoms with Gasteiger partial charge in [0, 0.05) is 17.8 Å². The topological polar surface area (TPSA) is 113 Å². The Kier molecular flexibility index (Phi) is 4.19. The van der Waals surface area contributed by atoms with Crippen molar-refractivity contribution in [2.24, 2.45) is 22.7 Å². The largest absolute Gasteiger partial charge is 0.505 e. The van der Waals surface area contributed by atoms with Crippen LogP contribution < -0.4 is 5.32 Å². The quantitative estimate of drug-likeness (QED) is 0.622. The van der Waals surface area contributed by atoms with Crippen molar-refractivity contribution in [3.05, 3.63) is 35.9 Å². The maximum absolute atomic E-state index is 13.1. The second-order valence-corrected chi connectivity index (χ2v) is 10.2. The van der Waals surface area contributed by atoms with Crippen LogP contribution in [-0.4, -0.2) is 39.6 Å². The predicted octanol–water partition coefficient (Wildman–Crippen LogP) is 3.53. The lowest BCUT2D eigenvalue weighted by Gasteiger charge is -2.55. The summed E-state index contributed by atoms with van der Waals surface area (Å²) in [7, 11) is 0. The number of aromatic carboxylic acids is 1. The number of ketones is 1. The number of carbonyl (C=O) groups is 3. The molecule has 2 heterocycles. The molecule has 4 fully saturated rings. The predicted molar refractivity (Wildman–Crippen MR) is 112 cm³/mol. The van der Waals surface area contributed by atoms with E-state index in [1.807, 2.05) is 6.92 Å². The molecule has 2 aliphatic heterocycles. The summed E-state index contributed by atoms with van der Waals surface area (Å²) in [6.07, 6.45) is 7.26. The fourth-order valence-electron chi connectivity index (χ4n) is 7.04. The van der Waals surface area contributed by atoms with Gasteiger partial charge in [0.05, 0.1) is 17.4 Å². The molecular formula is C24H27NO6. The minimum absolute atomic E-state index is 0.0339. The van der Waals surface area contributed by atoms with Crippen LogP contribution in [0.25, 0.3) is 0 Å². The number of amides is 1. The van der Waals surface area contributed by atoms with Crippen LogP contribution in [0, 0.1) is 22.7 Å². The van der Waals surface area contributed by atoms with E-state index in [2.05, 4.69) is 18.3 Å². The average molecular weight is 425 g/mol. The number of carboxylic acids is 1. The number of ether oxygens (including phenoxy) is 1. The van der Waals surface area contributed by atoms with Crippen LogP contribution in [0.2, 0.25) is 0 Å². The first kappa shape index (κ1) is 20.2. The van der Waals surface area contributed by atoms with Crippen molar-refractivity contribution in [2.75, 3.05) is 5.32 Å². The van der Waals surface area contributed by atoms with Crippen LogP contribution in [0.3, 0.4) is 0 Å². The van der Waals surface area contributed by atoms with Gasteiger partial charge in [-0.05, 0) is 62.1 Å². The van der Waals surface area contributed by atoms with Crippen LogP contribution in [0.5, 0.6) is 5.75 Å². The van der Waals surface area contributed by atoms with E-state index in [1.165, 1.54) is 18.2 Å². The number of para-hydroxylation sites is 1. The Labute approximate surface area is 180 Å². The monoisotopic (exact) mass is 425 g/mol. The van der Waals surface area contributed by atoms with E-state index in [4.69, 9.17) is 9.84 Å². The number of carbonyl (C=O) groups excluding carboxylic acids is 2. The molecule has 6 atom stereocenters. The van der Waals surface area contributed by atoms with Crippen molar-refractivity contribution in [1.82, 2.24) is 0 Å². The van der Waals surface area contributed by atoms with E-state index in [9.17, 15) is 19.5 Å². The normalized spacial score (nSPS) is 39.5. The second-order valence-electron chi connectivity index (χ2n) is 10.2. The molecule has 1 amide bonds. The summed E-state index contributed by atoms with van der Waals surface area (Å²) in [5.74, 6) is -1.49. The Bertz CT molecular complexity index is 1030. The highest BCUT2D eigenvalue weighted by Crippen LogP contribution is 2.71. The van der Waals surface area contributed by atoms with Crippen molar-refractivity contribution >= 4 is 23.3 Å². The standard InChI is InChI=1S/C24H27NO6/c1-22(8-7-18(27)25-15-5-3-4-14(19(15)28)21(29)30)17(26)6-9-24-11-13-10-16(20(22)24)31-23(13,2)12-24/h3-6,9,13,16,20,28H,7-8,10-12H2,1-2H3,(H,25,27)(H,29,30)/t13?,16?,20?,22-,23?,24?/m1/s1. The number of nitrogens with one attached hydrogen (secondary N) is 1. The fraction of sp³-hybridized carbons (Fsp3) is 0.542. The lowest BCUT2D eigenvalue weighted by molar-refractivity contribution is -0.169. The van der Waals surface area contributed by atoms with Crippen molar-refractivity contribution < 1.29 is 29.3 Å². The number of hydrogen-bond acceptors (Lipinski definition) is 5. The van der Waals surface area contributed by atoms with Gasteiger partial charge in [-0.3, -0.25) is 9.59 Å². The summed E-state index contributed by atoms with van der Waals surface area (Å²) in [4.78, 5) is 36.9. The van der Waals surface area contributed by atoms with Gasteiger partial charge in [-0.1, -0.05) is 19.1 Å². The van der Waals surface area contributed by atoms with E-state index in [0.717, 1.165) is 19.3 Å². The molecule has 2 saturated heterocycles. The third kappa shape index (κ3) is 2.79. The molecule has 3 N–H and O–H groups in total. The van der Waals surface area contributed by atoms with Gasteiger partial charge in [0.15, 0.2) is 11.5 Å². The molecule has 7 nitrogen and oxygen atoms in total. The highest BCUT2D eigenvalue weighted by molar-refractivity contribution is 5.99. The minimum atomic E-state index is -1.27. The molecule has 2 saturated carbocycles. The van der Waals surface area contributed by atoms with Crippen molar-refractivity contribution in [3.63, 3.8) is 0 Å². The van der Waals surface area contributed by atoms with Crippen LogP contribution in [0.1, 0.15) is 56.3 Å². The zero-order valence-corrected chi connectivity index (χ0v) is 17.7. The Balaban J connectivity index is 1.34. The fourth-order valence-corrected chi connectivity index (χ4v) is 7.04. The molecule has 1 spiro atoms. The molecule has 3 aliphatic carbocycles. The van der Waals surface area contributed by atoms with Gasteiger partial charge < -0.3 is 20.3 Å². The smallest absolute Gasteiger partial charge is 0.339 e. The summed E-state index contributed by atoms with van der Waals surface area (Å²) in [5.41, 5.74) is -1.05. The second kappa shape index (κ2) is 6.42. The Morgan fingerprint density at radius 3 is 2.77 bits per heavy atom. The van der Waals surface area contributed by atoms with Crippen molar-refractivity contribution in [2.45, 2.75) is 57.7 Å². The summed E-state index contributed by atoms with van der Waals surface area (Å²) in [5, 5.41) is 21.9. The number of aromatic hydroxyl groups is 1. The summed E-state index contributed by atoms with van der Waals surface area (Å²) >= 11 is 0. The van der Waals surface area contributed by atoms with E-state index in [1.54, 1.807) is 6.08 Å². The zero-order valence-electron chi connectivity index (χ0n) is 17.7. The van der Waals surface area contributed by atoms with Gasteiger partial charge in [0.1, 0.15) is 5.56 Å². The SMILES string of the molecule is CC12CC34C=CC(=O)[C@@](C)(CCC(=O)Nc5cccc(C(=O)O)c5O)C3C(CC1C4)O2. The average Bonchev–Trinajstić information content (AvgIpc) is 3.06. The molecule has 6 rings (SSSR count). The van der Waals surface area contributed by atoms with Crippen LogP contribution in [0.15, 0.2) is 30.4 Å². The van der Waals surface area contributed by atoms with E-state index >= 15 is 0 Å². The Morgan fingerprint density at radius 1 is 1.29 bits per heavy atom. The summed E-state index contributed by atoms with van der Waals surface area (Å²) in [6, 6.07) is 4.18. The van der Waals surface area contributed by atoms with E-state index in [-0.39, 0.29) is 52.4 Å². The number of benzene rings is 1. The number of rotatable bonds is 5. The minimum Gasteiger partial charge on any atom is -0.505 e. The van der Waals surface area contributed by atoms with Gasteiger partial charge in [-0.2, -0.15) is 0 Å². The van der Waals surface area contributed by atoms with Gasteiger partial charge in [-0.25, -0.2) is 4.79 Å². The number of phenols is 1. The van der Waals surface area contributed by atoms with Crippen molar-refractivity contribution in [3.8, 4) is 5.75 Å². The van der Waals surface area contributed by atoms with E-state index in [0.29, 0.717) is 12.3 Å². The number of allylic oxidation sites excluding steroid dienone is 2. The maximum atomic E-state index is 13.1.